The van der Waals surface area contributed by atoms with Gasteiger partial charge in [0.05, 0.1) is 25.6 Å². The highest BCUT2D eigenvalue weighted by atomic mass is 16.5. The summed E-state index contributed by atoms with van der Waals surface area (Å²) in [5.41, 5.74) is 6.81. The molecule has 0 unspecified atom stereocenters. The van der Waals surface area contributed by atoms with Gasteiger partial charge in [0.25, 0.3) is 0 Å². The van der Waals surface area contributed by atoms with Crippen LogP contribution in [0.3, 0.4) is 0 Å². The number of allylic oxidation sites excluding steroid dienone is 1. The first-order valence-electron chi connectivity index (χ1n) is 14.2. The predicted molar refractivity (Wildman–Crippen MR) is 182 cm³/mol. The van der Waals surface area contributed by atoms with Crippen molar-refractivity contribution in [2.24, 2.45) is 9.98 Å². The van der Waals surface area contributed by atoms with E-state index < -0.39 is 0 Å². The van der Waals surface area contributed by atoms with Gasteiger partial charge in [-0.1, -0.05) is 12.2 Å². The Morgan fingerprint density at radius 3 is 1.34 bits per heavy atom. The van der Waals surface area contributed by atoms with Gasteiger partial charge >= 0.3 is 0 Å². The largest absolute Gasteiger partial charge is 0.507 e. The molecule has 8 heteroatoms. The highest BCUT2D eigenvalue weighted by Gasteiger charge is 2.15. The molecule has 0 aliphatic carbocycles. The van der Waals surface area contributed by atoms with Gasteiger partial charge in [0.15, 0.2) is 0 Å². The molecule has 2 N–H and O–H groups in total. The topological polar surface area (TPSA) is 90.1 Å². The van der Waals surface area contributed by atoms with E-state index >= 15 is 0 Å². The van der Waals surface area contributed by atoms with Crippen LogP contribution in [0.2, 0.25) is 0 Å². The number of hydrogen-bond acceptors (Lipinski definition) is 8. The van der Waals surface area contributed by atoms with E-state index in [4.69, 9.17) is 9.47 Å². The van der Waals surface area contributed by atoms with Gasteiger partial charge in [-0.15, -0.1) is 0 Å². The molecule has 4 aromatic carbocycles. The van der Waals surface area contributed by atoms with Crippen LogP contribution in [-0.2, 0) is 12.8 Å². The van der Waals surface area contributed by atoms with Crippen molar-refractivity contribution in [3.05, 3.63) is 107 Å². The molecule has 44 heavy (non-hydrogen) atoms. The summed E-state index contributed by atoms with van der Waals surface area (Å²) in [6.07, 6.45) is 3.98. The summed E-state index contributed by atoms with van der Waals surface area (Å²) in [6.45, 7) is 4.25. The van der Waals surface area contributed by atoms with Crippen LogP contribution in [0.15, 0.2) is 94.9 Å². The average Bonchev–Trinajstić information content (AvgIpc) is 3.02. The van der Waals surface area contributed by atoms with Crippen LogP contribution in [-0.4, -0.2) is 65.1 Å². The molecule has 0 aromatic heterocycles. The van der Waals surface area contributed by atoms with Gasteiger partial charge in [0, 0.05) is 74.2 Å². The van der Waals surface area contributed by atoms with Gasteiger partial charge in [0.2, 0.25) is 0 Å². The minimum Gasteiger partial charge on any atom is -0.507 e. The highest BCUT2D eigenvalue weighted by molar-refractivity contribution is 5.88. The molecular formula is C36H40N4O4. The lowest BCUT2D eigenvalue weighted by Gasteiger charge is -2.14. The maximum atomic E-state index is 11.1. The summed E-state index contributed by atoms with van der Waals surface area (Å²) in [5.74, 6) is 1.39. The number of hydrogen-bond donors (Lipinski definition) is 2. The normalized spacial score (nSPS) is 11.2. The van der Waals surface area contributed by atoms with E-state index in [0.717, 1.165) is 28.3 Å². The summed E-state index contributed by atoms with van der Waals surface area (Å²) in [6, 6.07) is 22.7. The van der Waals surface area contributed by atoms with Crippen LogP contribution in [0.4, 0.5) is 22.7 Å². The molecule has 0 radical (unpaired) electrons. The SMILES string of the molecule is C=C(Cc1cc(OC)cc(C=Nc2ccc(N(C)C)cc2)c1O)Cc1cc(OC)cc(C=Nc2ccc(N(C)C)cc2)c1O. The molecule has 0 atom stereocenters. The van der Waals surface area contributed by atoms with Crippen LogP contribution < -0.4 is 19.3 Å². The zero-order valence-electron chi connectivity index (χ0n) is 26.2. The fourth-order valence-electron chi connectivity index (χ4n) is 4.64. The van der Waals surface area contributed by atoms with Gasteiger partial charge in [-0.3, -0.25) is 9.98 Å². The first-order chi connectivity index (χ1) is 21.1. The molecule has 0 saturated carbocycles. The first-order valence-corrected chi connectivity index (χ1v) is 14.2. The quantitative estimate of drug-likeness (QED) is 0.135. The van der Waals surface area contributed by atoms with Crippen LogP contribution in [0.5, 0.6) is 23.0 Å². The second-order valence-electron chi connectivity index (χ2n) is 10.9. The van der Waals surface area contributed by atoms with Crippen molar-refractivity contribution in [2.75, 3.05) is 52.2 Å². The second-order valence-corrected chi connectivity index (χ2v) is 10.9. The Hall–Kier alpha value is -5.24. The number of benzene rings is 4. The molecule has 0 fully saturated rings. The number of nitrogens with zero attached hydrogens (tertiary/aromatic N) is 4. The Labute approximate surface area is 259 Å². The number of aliphatic imine (C=N–C) groups is 2. The molecule has 228 valence electrons. The lowest BCUT2D eigenvalue weighted by Crippen LogP contribution is -2.07. The number of phenolic OH excluding ortho intramolecular Hbond substituents is 2. The molecule has 0 saturated heterocycles. The molecule has 0 spiro atoms. The van der Waals surface area contributed by atoms with Crippen molar-refractivity contribution >= 4 is 35.2 Å². The van der Waals surface area contributed by atoms with E-state index in [1.807, 2.05) is 86.5 Å². The maximum absolute atomic E-state index is 11.1. The standard InChI is InChI=1S/C36H40N4O4/c1-24(16-25-18-33(43-6)20-27(35(25)41)22-37-29-8-12-31(13-9-29)39(2)3)17-26-19-34(44-7)21-28(36(26)42)23-38-30-10-14-32(15-11-30)40(4)5/h8-15,18-23,41-42H,1,16-17H2,2-7H3. The lowest BCUT2D eigenvalue weighted by molar-refractivity contribution is 0.410. The molecule has 8 nitrogen and oxygen atoms in total. The van der Waals surface area contributed by atoms with E-state index in [2.05, 4.69) is 16.6 Å². The zero-order chi connectivity index (χ0) is 31.8. The molecule has 0 aliphatic rings. The van der Waals surface area contributed by atoms with Crippen molar-refractivity contribution in [1.29, 1.82) is 0 Å². The Bertz CT molecular complexity index is 1530. The molecule has 0 bridgehead atoms. The van der Waals surface area contributed by atoms with Crippen LogP contribution in [0.25, 0.3) is 0 Å². The van der Waals surface area contributed by atoms with Gasteiger partial charge in [-0.05, 0) is 85.6 Å². The van der Waals surface area contributed by atoms with Crippen molar-refractivity contribution in [3.63, 3.8) is 0 Å². The van der Waals surface area contributed by atoms with E-state index in [1.54, 1.807) is 50.9 Å². The Morgan fingerprint density at radius 1 is 0.659 bits per heavy atom. The molecule has 0 amide bonds. The van der Waals surface area contributed by atoms with Gasteiger partial charge < -0.3 is 29.5 Å². The van der Waals surface area contributed by atoms with Crippen molar-refractivity contribution in [3.8, 4) is 23.0 Å². The maximum Gasteiger partial charge on any atom is 0.128 e. The van der Waals surface area contributed by atoms with Gasteiger partial charge in [-0.25, -0.2) is 0 Å². The minimum atomic E-state index is 0.101. The summed E-state index contributed by atoms with van der Waals surface area (Å²) in [5, 5.41) is 22.3. The number of anilines is 2. The predicted octanol–water partition coefficient (Wildman–Crippen LogP) is 7.09. The number of aromatic hydroxyl groups is 2. The number of ether oxygens (including phenoxy) is 2. The molecule has 4 rings (SSSR count). The Kier molecular flexibility index (Phi) is 10.3. The number of rotatable bonds is 12. The molecular weight excluding hydrogens is 552 g/mol. The van der Waals surface area contributed by atoms with Crippen molar-refractivity contribution in [1.82, 2.24) is 0 Å². The first kappa shape index (κ1) is 31.7. The fraction of sp³-hybridized carbons (Fsp3) is 0.222. The summed E-state index contributed by atoms with van der Waals surface area (Å²) in [7, 11) is 11.1. The monoisotopic (exact) mass is 592 g/mol. The van der Waals surface area contributed by atoms with E-state index in [0.29, 0.717) is 46.6 Å². The van der Waals surface area contributed by atoms with E-state index in [1.165, 1.54) is 0 Å². The second kappa shape index (κ2) is 14.3. The van der Waals surface area contributed by atoms with Crippen molar-refractivity contribution < 1.29 is 19.7 Å². The lowest BCUT2D eigenvalue weighted by atomic mass is 9.95. The zero-order valence-corrected chi connectivity index (χ0v) is 26.2. The molecule has 4 aromatic rings. The van der Waals surface area contributed by atoms with Crippen molar-refractivity contribution in [2.45, 2.75) is 12.8 Å². The summed E-state index contributed by atoms with van der Waals surface area (Å²) in [4.78, 5) is 13.1. The van der Waals surface area contributed by atoms with Crippen LogP contribution >= 0.6 is 0 Å². The third kappa shape index (κ3) is 7.98. The smallest absolute Gasteiger partial charge is 0.128 e. The average molecular weight is 593 g/mol. The third-order valence-corrected chi connectivity index (χ3v) is 7.17. The van der Waals surface area contributed by atoms with E-state index in [-0.39, 0.29) is 11.5 Å². The third-order valence-electron chi connectivity index (χ3n) is 7.17. The molecule has 0 aliphatic heterocycles. The highest BCUT2D eigenvalue weighted by Crippen LogP contribution is 2.33. The van der Waals surface area contributed by atoms with Gasteiger partial charge in [-0.2, -0.15) is 0 Å². The number of methoxy groups -OCH3 is 2. The van der Waals surface area contributed by atoms with Gasteiger partial charge in [0.1, 0.15) is 23.0 Å². The number of phenols is 2. The summed E-state index contributed by atoms with van der Waals surface area (Å²) >= 11 is 0. The Balaban J connectivity index is 1.54. The van der Waals surface area contributed by atoms with Crippen LogP contribution in [0.1, 0.15) is 22.3 Å². The van der Waals surface area contributed by atoms with Crippen LogP contribution in [0, 0.1) is 0 Å². The molecule has 0 heterocycles. The fourth-order valence-corrected chi connectivity index (χ4v) is 4.64. The summed E-state index contributed by atoms with van der Waals surface area (Å²) < 4.78 is 11.0. The van der Waals surface area contributed by atoms with E-state index in [9.17, 15) is 10.2 Å². The Morgan fingerprint density at radius 2 is 1.02 bits per heavy atom. The minimum absolute atomic E-state index is 0.101.